The number of Topliss-reactive ketones (excluding diaryl/α,β-unsaturated/α-hetero) is 1. The number of hydrogen-bond acceptors (Lipinski definition) is 8. The molecule has 1 amide bonds. The molecule has 1 aliphatic heterocycles. The molecule has 0 radical (unpaired) electrons. The third kappa shape index (κ3) is 5.98. The number of anilines is 1. The number of ketones is 1. The molecule has 44 heavy (non-hydrogen) atoms. The van der Waals surface area contributed by atoms with Crippen LogP contribution >= 0.6 is 23.1 Å². The van der Waals surface area contributed by atoms with E-state index >= 15 is 0 Å². The lowest BCUT2D eigenvalue weighted by Crippen LogP contribution is -2.29. The Morgan fingerprint density at radius 2 is 1.75 bits per heavy atom. The average molecular weight is 622 g/mol. The van der Waals surface area contributed by atoms with Gasteiger partial charge in [0.2, 0.25) is 5.13 Å². The minimum atomic E-state index is -0.908. The van der Waals surface area contributed by atoms with E-state index in [9.17, 15) is 14.7 Å². The van der Waals surface area contributed by atoms with E-state index in [0.29, 0.717) is 33.6 Å². The number of carbonyl (C=O) groups excluding carboxylic acids is 2. The van der Waals surface area contributed by atoms with Crippen LogP contribution in [0.1, 0.15) is 48.1 Å². The molecule has 2 heterocycles. The standard InChI is InChI=1S/C35H31N3O4S2/c1-3-4-19-42-27-13-8-11-25(20-27)30-29(31(39)24-17-15-22(2)16-18-24)32(40)33(41)38(30)34-36-37-35(44-34)43-21-26-12-7-10-23-9-5-6-14-28(23)26/h5-18,20,30,39H,3-4,19,21H2,1-2H3. The molecule has 1 unspecified atom stereocenters. The maximum atomic E-state index is 13.7. The number of aliphatic hydroxyl groups excluding tert-OH is 1. The highest BCUT2D eigenvalue weighted by atomic mass is 32.2. The summed E-state index contributed by atoms with van der Waals surface area (Å²) in [4.78, 5) is 28.6. The second-order valence-corrected chi connectivity index (χ2v) is 12.8. The number of carbonyl (C=O) groups is 2. The summed E-state index contributed by atoms with van der Waals surface area (Å²) in [6, 6.07) is 28.1. The number of thioether (sulfide) groups is 1. The quantitative estimate of drug-likeness (QED) is 0.0421. The van der Waals surface area contributed by atoms with Crippen molar-refractivity contribution in [2.45, 2.75) is 42.8 Å². The highest BCUT2D eigenvalue weighted by Gasteiger charge is 2.48. The van der Waals surface area contributed by atoms with Crippen LogP contribution in [-0.2, 0) is 15.3 Å². The minimum absolute atomic E-state index is 0.00437. The summed E-state index contributed by atoms with van der Waals surface area (Å²) < 4.78 is 6.62. The van der Waals surface area contributed by atoms with E-state index in [1.807, 2.05) is 61.5 Å². The number of ether oxygens (including phenoxy) is 1. The maximum Gasteiger partial charge on any atom is 0.301 e. The zero-order chi connectivity index (χ0) is 30.6. The van der Waals surface area contributed by atoms with Crippen LogP contribution in [0.25, 0.3) is 16.5 Å². The molecule has 0 bridgehead atoms. The van der Waals surface area contributed by atoms with Crippen molar-refractivity contribution in [3.63, 3.8) is 0 Å². The predicted octanol–water partition coefficient (Wildman–Crippen LogP) is 8.10. The van der Waals surface area contributed by atoms with Crippen molar-refractivity contribution < 1.29 is 19.4 Å². The van der Waals surface area contributed by atoms with E-state index in [4.69, 9.17) is 4.74 Å². The van der Waals surface area contributed by atoms with Crippen molar-refractivity contribution >= 4 is 56.5 Å². The number of hydrogen-bond donors (Lipinski definition) is 1. The van der Waals surface area contributed by atoms with Gasteiger partial charge in [-0.3, -0.25) is 14.5 Å². The van der Waals surface area contributed by atoms with Crippen molar-refractivity contribution in [3.05, 3.63) is 119 Å². The van der Waals surface area contributed by atoms with Gasteiger partial charge >= 0.3 is 5.91 Å². The number of nitrogens with zero attached hydrogens (tertiary/aromatic N) is 3. The molecule has 0 aliphatic carbocycles. The molecule has 7 nitrogen and oxygen atoms in total. The van der Waals surface area contributed by atoms with E-state index in [-0.39, 0.29) is 16.5 Å². The fraction of sp³-hybridized carbons (Fsp3) is 0.200. The van der Waals surface area contributed by atoms with Crippen LogP contribution in [0, 0.1) is 6.92 Å². The van der Waals surface area contributed by atoms with E-state index in [1.165, 1.54) is 44.3 Å². The molecule has 1 aromatic heterocycles. The van der Waals surface area contributed by atoms with Crippen molar-refractivity contribution in [2.24, 2.45) is 0 Å². The third-order valence-corrected chi connectivity index (χ3v) is 9.65. The van der Waals surface area contributed by atoms with Gasteiger partial charge in [0.15, 0.2) is 4.34 Å². The monoisotopic (exact) mass is 621 g/mol. The topological polar surface area (TPSA) is 92.6 Å². The molecular formula is C35H31N3O4S2. The van der Waals surface area contributed by atoms with Crippen LogP contribution in [0.5, 0.6) is 5.75 Å². The number of benzene rings is 4. The Kier molecular flexibility index (Phi) is 8.77. The first-order valence-corrected chi connectivity index (χ1v) is 16.3. The lowest BCUT2D eigenvalue weighted by atomic mass is 9.95. The SMILES string of the molecule is CCCCOc1cccc(C2C(=C(O)c3ccc(C)cc3)C(=O)C(=O)N2c2nnc(SCc3cccc4ccccc34)s2)c1. The molecule has 1 aliphatic rings. The number of aromatic nitrogens is 2. The molecule has 1 atom stereocenters. The van der Waals surface area contributed by atoms with Crippen LogP contribution in [0.15, 0.2) is 101 Å². The zero-order valence-corrected chi connectivity index (χ0v) is 26.0. The fourth-order valence-electron chi connectivity index (χ4n) is 5.24. The Hall–Kier alpha value is -4.47. The molecule has 222 valence electrons. The summed E-state index contributed by atoms with van der Waals surface area (Å²) in [5.41, 5.74) is 3.27. The maximum absolute atomic E-state index is 13.7. The number of aryl methyl sites for hydroxylation is 1. The van der Waals surface area contributed by atoms with Crippen LogP contribution in [0.2, 0.25) is 0 Å². The molecule has 9 heteroatoms. The molecule has 0 saturated carbocycles. The summed E-state index contributed by atoms with van der Waals surface area (Å²) in [6.45, 7) is 4.59. The molecule has 1 saturated heterocycles. The fourth-order valence-corrected chi connectivity index (χ4v) is 7.11. The van der Waals surface area contributed by atoms with E-state index < -0.39 is 17.7 Å². The molecule has 1 fully saturated rings. The van der Waals surface area contributed by atoms with Gasteiger partial charge in [-0.15, -0.1) is 10.2 Å². The Balaban J connectivity index is 1.36. The van der Waals surface area contributed by atoms with Gasteiger partial charge in [0.05, 0.1) is 18.2 Å². The highest BCUT2D eigenvalue weighted by Crippen LogP contribution is 2.44. The van der Waals surface area contributed by atoms with E-state index in [1.54, 1.807) is 12.1 Å². The van der Waals surface area contributed by atoms with Gasteiger partial charge in [0.1, 0.15) is 11.5 Å². The Morgan fingerprint density at radius 1 is 0.977 bits per heavy atom. The van der Waals surface area contributed by atoms with Gasteiger partial charge in [0.25, 0.3) is 5.78 Å². The van der Waals surface area contributed by atoms with Crippen molar-refractivity contribution in [3.8, 4) is 5.75 Å². The van der Waals surface area contributed by atoms with Crippen LogP contribution in [0.4, 0.5) is 5.13 Å². The summed E-state index contributed by atoms with van der Waals surface area (Å²) in [5.74, 6) is -0.472. The molecule has 4 aromatic carbocycles. The van der Waals surface area contributed by atoms with Gasteiger partial charge < -0.3 is 9.84 Å². The molecule has 6 rings (SSSR count). The Morgan fingerprint density at radius 3 is 2.57 bits per heavy atom. The lowest BCUT2D eigenvalue weighted by molar-refractivity contribution is -0.132. The number of unbranched alkanes of at least 4 members (excludes halogenated alkanes) is 1. The predicted molar refractivity (Wildman–Crippen MR) is 176 cm³/mol. The van der Waals surface area contributed by atoms with Crippen molar-refractivity contribution in [1.82, 2.24) is 10.2 Å². The first kappa shape index (κ1) is 29.6. The van der Waals surface area contributed by atoms with Crippen molar-refractivity contribution in [2.75, 3.05) is 11.5 Å². The van der Waals surface area contributed by atoms with E-state index in [2.05, 4.69) is 41.4 Å². The average Bonchev–Trinajstić information content (AvgIpc) is 3.62. The molecule has 0 spiro atoms. The van der Waals surface area contributed by atoms with Crippen molar-refractivity contribution in [1.29, 1.82) is 0 Å². The van der Waals surface area contributed by atoms with Gasteiger partial charge in [-0.1, -0.05) is 121 Å². The summed E-state index contributed by atoms with van der Waals surface area (Å²) >= 11 is 2.78. The first-order valence-electron chi connectivity index (χ1n) is 14.5. The number of aliphatic hydroxyl groups is 1. The zero-order valence-electron chi connectivity index (χ0n) is 24.4. The lowest BCUT2D eigenvalue weighted by Gasteiger charge is -2.23. The van der Waals surface area contributed by atoms with Gasteiger partial charge in [0, 0.05) is 11.3 Å². The second kappa shape index (κ2) is 13.0. The Labute approximate surface area is 264 Å². The molecule has 5 aromatic rings. The third-order valence-electron chi connectivity index (χ3n) is 7.54. The van der Waals surface area contributed by atoms with Gasteiger partial charge in [-0.2, -0.15) is 0 Å². The van der Waals surface area contributed by atoms with Crippen LogP contribution < -0.4 is 9.64 Å². The summed E-state index contributed by atoms with van der Waals surface area (Å²) in [7, 11) is 0. The number of fused-ring (bicyclic) bond motifs is 1. The highest BCUT2D eigenvalue weighted by molar-refractivity contribution is 8.00. The first-order chi connectivity index (χ1) is 21.4. The number of amides is 1. The van der Waals surface area contributed by atoms with Crippen LogP contribution in [-0.4, -0.2) is 33.6 Å². The normalized spacial score (nSPS) is 16.1. The van der Waals surface area contributed by atoms with E-state index in [0.717, 1.165) is 18.4 Å². The second-order valence-electron chi connectivity index (χ2n) is 10.6. The summed E-state index contributed by atoms with van der Waals surface area (Å²) in [6.07, 6.45) is 1.90. The Bertz CT molecular complexity index is 1860. The number of rotatable bonds is 10. The van der Waals surface area contributed by atoms with Gasteiger partial charge in [-0.25, -0.2) is 0 Å². The van der Waals surface area contributed by atoms with Gasteiger partial charge in [-0.05, 0) is 47.4 Å². The largest absolute Gasteiger partial charge is 0.507 e. The molecular weight excluding hydrogens is 591 g/mol. The minimum Gasteiger partial charge on any atom is -0.507 e. The smallest absolute Gasteiger partial charge is 0.301 e. The summed E-state index contributed by atoms with van der Waals surface area (Å²) in [5, 5.41) is 22.8. The van der Waals surface area contributed by atoms with Crippen LogP contribution in [0.3, 0.4) is 0 Å². The molecule has 1 N–H and O–H groups in total.